The summed E-state index contributed by atoms with van der Waals surface area (Å²) >= 11 is 3.04. The van der Waals surface area contributed by atoms with Crippen LogP contribution in [-0.2, 0) is 14.8 Å². The van der Waals surface area contributed by atoms with Gasteiger partial charge in [-0.1, -0.05) is 15.9 Å². The molecule has 1 saturated heterocycles. The van der Waals surface area contributed by atoms with E-state index < -0.39 is 32.7 Å². The summed E-state index contributed by atoms with van der Waals surface area (Å²) in [5, 5.41) is 9.00. The average Bonchev–Trinajstić information content (AvgIpc) is 2.77. The lowest BCUT2D eigenvalue weighted by Crippen LogP contribution is -2.40. The molecule has 1 fully saturated rings. The molecule has 1 atom stereocenters. The Morgan fingerprint density at radius 1 is 1.47 bits per heavy atom. The van der Waals surface area contributed by atoms with Crippen LogP contribution in [-0.4, -0.2) is 36.4 Å². The minimum absolute atomic E-state index is 0.0921. The Hall–Kier alpha value is -0.990. The first-order valence-corrected chi connectivity index (χ1v) is 7.77. The molecule has 0 amide bonds. The minimum atomic E-state index is -4.12. The van der Waals surface area contributed by atoms with Gasteiger partial charge in [0.05, 0.1) is 0 Å². The maximum absolute atomic E-state index is 13.7. The zero-order chi connectivity index (χ0) is 14.2. The lowest BCUT2D eigenvalue weighted by Gasteiger charge is -2.21. The zero-order valence-corrected chi connectivity index (χ0v) is 12.1. The first kappa shape index (κ1) is 14.4. The molecule has 5 nitrogen and oxygen atoms in total. The Kier molecular flexibility index (Phi) is 3.93. The second-order valence-corrected chi connectivity index (χ2v) is 6.96. The SMILES string of the molecule is O=C(O)[C@H]1CCCN1S(=O)(=O)c1ccc(Br)cc1F. The first-order valence-electron chi connectivity index (χ1n) is 5.54. The fraction of sp³-hybridized carbons (Fsp3) is 0.364. The highest BCUT2D eigenvalue weighted by Gasteiger charge is 2.40. The number of carbonyl (C=O) groups is 1. The van der Waals surface area contributed by atoms with E-state index in [0.29, 0.717) is 10.9 Å². The smallest absolute Gasteiger partial charge is 0.322 e. The minimum Gasteiger partial charge on any atom is -0.480 e. The van der Waals surface area contributed by atoms with Crippen LogP contribution in [0.15, 0.2) is 27.6 Å². The number of hydrogen-bond donors (Lipinski definition) is 1. The predicted octanol–water partition coefficient (Wildman–Crippen LogP) is 1.83. The normalized spacial score (nSPS) is 20.6. The molecule has 0 bridgehead atoms. The van der Waals surface area contributed by atoms with E-state index in [4.69, 9.17) is 5.11 Å². The molecule has 1 aromatic carbocycles. The standard InChI is InChI=1S/C11H11BrFNO4S/c12-7-3-4-10(8(13)6-7)19(17,18)14-5-1-2-9(14)11(15)16/h3-4,6,9H,1-2,5H2,(H,15,16)/t9-/m1/s1. The number of rotatable bonds is 3. The van der Waals surface area contributed by atoms with Crippen LogP contribution in [0.25, 0.3) is 0 Å². The molecule has 1 aliphatic heterocycles. The van der Waals surface area contributed by atoms with Crippen molar-refractivity contribution in [3.8, 4) is 0 Å². The van der Waals surface area contributed by atoms with Crippen LogP contribution in [0.1, 0.15) is 12.8 Å². The molecule has 0 saturated carbocycles. The van der Waals surface area contributed by atoms with E-state index in [0.717, 1.165) is 16.4 Å². The summed E-state index contributed by atoms with van der Waals surface area (Å²) in [5.41, 5.74) is 0. The maximum atomic E-state index is 13.7. The number of benzene rings is 1. The van der Waals surface area contributed by atoms with Crippen LogP contribution in [0.3, 0.4) is 0 Å². The van der Waals surface area contributed by atoms with Crippen LogP contribution in [0.5, 0.6) is 0 Å². The van der Waals surface area contributed by atoms with E-state index >= 15 is 0 Å². The number of nitrogens with zero attached hydrogens (tertiary/aromatic N) is 1. The summed E-state index contributed by atoms with van der Waals surface area (Å²) < 4.78 is 39.6. The van der Waals surface area contributed by atoms with Gasteiger partial charge in [-0.2, -0.15) is 4.31 Å². The Balaban J connectivity index is 2.45. The summed E-state index contributed by atoms with van der Waals surface area (Å²) in [6, 6.07) is 2.46. The van der Waals surface area contributed by atoms with Gasteiger partial charge in [-0.3, -0.25) is 4.79 Å². The molecule has 0 unspecified atom stereocenters. The van der Waals surface area contributed by atoms with Crippen LogP contribution in [0.4, 0.5) is 4.39 Å². The Labute approximate surface area is 118 Å². The van der Waals surface area contributed by atoms with Crippen molar-refractivity contribution >= 4 is 31.9 Å². The van der Waals surface area contributed by atoms with Crippen LogP contribution in [0, 0.1) is 5.82 Å². The number of sulfonamides is 1. The van der Waals surface area contributed by atoms with Crippen molar-refractivity contribution in [1.82, 2.24) is 4.31 Å². The van der Waals surface area contributed by atoms with Gasteiger partial charge in [0, 0.05) is 11.0 Å². The van der Waals surface area contributed by atoms with Crippen LogP contribution < -0.4 is 0 Å². The molecule has 0 radical (unpaired) electrons. The molecular weight excluding hydrogens is 341 g/mol. The molecule has 0 aromatic heterocycles. The van der Waals surface area contributed by atoms with Gasteiger partial charge in [0.2, 0.25) is 10.0 Å². The van der Waals surface area contributed by atoms with Gasteiger partial charge in [0.15, 0.2) is 0 Å². The van der Waals surface area contributed by atoms with E-state index in [9.17, 15) is 17.6 Å². The number of carboxylic acid groups (broad SMARTS) is 1. The van der Waals surface area contributed by atoms with Gasteiger partial charge in [0.1, 0.15) is 16.8 Å². The van der Waals surface area contributed by atoms with Crippen molar-refractivity contribution in [3.63, 3.8) is 0 Å². The third-order valence-electron chi connectivity index (χ3n) is 2.97. The monoisotopic (exact) mass is 351 g/mol. The van der Waals surface area contributed by atoms with E-state index in [-0.39, 0.29) is 13.0 Å². The highest BCUT2D eigenvalue weighted by Crippen LogP contribution is 2.28. The zero-order valence-electron chi connectivity index (χ0n) is 9.71. The predicted molar refractivity (Wildman–Crippen MR) is 68.6 cm³/mol. The van der Waals surface area contributed by atoms with Crippen molar-refractivity contribution in [2.45, 2.75) is 23.8 Å². The molecule has 2 rings (SSSR count). The van der Waals surface area contributed by atoms with Gasteiger partial charge in [-0.25, -0.2) is 12.8 Å². The maximum Gasteiger partial charge on any atom is 0.322 e. The highest BCUT2D eigenvalue weighted by molar-refractivity contribution is 9.10. The second kappa shape index (κ2) is 5.18. The number of aliphatic carboxylic acids is 1. The highest BCUT2D eigenvalue weighted by atomic mass is 79.9. The Bertz CT molecular complexity index is 619. The quantitative estimate of drug-likeness (QED) is 0.901. The molecule has 0 aliphatic carbocycles. The van der Waals surface area contributed by atoms with Gasteiger partial charge in [0.25, 0.3) is 0 Å². The van der Waals surface area contributed by atoms with E-state index in [1.165, 1.54) is 6.07 Å². The largest absolute Gasteiger partial charge is 0.480 e. The van der Waals surface area contributed by atoms with Crippen LogP contribution in [0.2, 0.25) is 0 Å². The average molecular weight is 352 g/mol. The molecule has 0 spiro atoms. The van der Waals surface area contributed by atoms with Crippen LogP contribution >= 0.6 is 15.9 Å². The number of halogens is 2. The summed E-state index contributed by atoms with van der Waals surface area (Å²) in [6.07, 6.45) is 0.695. The Morgan fingerprint density at radius 3 is 2.74 bits per heavy atom. The topological polar surface area (TPSA) is 74.7 Å². The van der Waals surface area contributed by atoms with E-state index in [1.54, 1.807) is 0 Å². The van der Waals surface area contributed by atoms with Gasteiger partial charge < -0.3 is 5.11 Å². The van der Waals surface area contributed by atoms with Crippen molar-refractivity contribution < 1.29 is 22.7 Å². The third kappa shape index (κ3) is 2.65. The van der Waals surface area contributed by atoms with Crippen molar-refractivity contribution in [1.29, 1.82) is 0 Å². The Morgan fingerprint density at radius 2 is 2.16 bits per heavy atom. The van der Waals surface area contributed by atoms with E-state index in [1.807, 2.05) is 0 Å². The fourth-order valence-corrected chi connectivity index (χ4v) is 4.12. The molecule has 1 N–H and O–H groups in total. The second-order valence-electron chi connectivity index (χ2n) is 4.19. The van der Waals surface area contributed by atoms with Gasteiger partial charge in [-0.15, -0.1) is 0 Å². The van der Waals surface area contributed by atoms with Gasteiger partial charge >= 0.3 is 5.97 Å². The summed E-state index contributed by atoms with van der Waals surface area (Å²) in [6.45, 7) is 0.0921. The van der Waals surface area contributed by atoms with Crippen molar-refractivity contribution in [2.24, 2.45) is 0 Å². The van der Waals surface area contributed by atoms with Crippen molar-refractivity contribution in [3.05, 3.63) is 28.5 Å². The molecule has 19 heavy (non-hydrogen) atoms. The number of hydrogen-bond acceptors (Lipinski definition) is 3. The van der Waals surface area contributed by atoms with Gasteiger partial charge in [-0.05, 0) is 31.0 Å². The summed E-state index contributed by atoms with van der Waals surface area (Å²) in [4.78, 5) is 10.5. The first-order chi connectivity index (χ1) is 8.84. The summed E-state index contributed by atoms with van der Waals surface area (Å²) in [7, 11) is -4.12. The fourth-order valence-electron chi connectivity index (χ4n) is 2.09. The number of carboxylic acids is 1. The molecule has 1 aliphatic rings. The van der Waals surface area contributed by atoms with E-state index in [2.05, 4.69) is 15.9 Å². The molecule has 1 aromatic rings. The lowest BCUT2D eigenvalue weighted by atomic mass is 10.2. The molecular formula is C11H11BrFNO4S. The van der Waals surface area contributed by atoms with Crippen molar-refractivity contribution in [2.75, 3.05) is 6.54 Å². The summed E-state index contributed by atoms with van der Waals surface area (Å²) in [5.74, 6) is -2.11. The molecule has 8 heteroatoms. The third-order valence-corrected chi connectivity index (χ3v) is 5.40. The molecule has 1 heterocycles. The molecule has 104 valence electrons. The lowest BCUT2D eigenvalue weighted by molar-refractivity contribution is -0.140.